The summed E-state index contributed by atoms with van der Waals surface area (Å²) in [4.78, 5) is 19.4. The highest BCUT2D eigenvalue weighted by atomic mass is 16.3. The smallest absolute Gasteiger partial charge is 0.320 e. The Kier molecular flexibility index (Phi) is 5.62. The summed E-state index contributed by atoms with van der Waals surface area (Å²) in [5.74, 6) is 0.683. The number of rotatable bonds is 2. The van der Waals surface area contributed by atoms with Crippen LogP contribution in [0.2, 0.25) is 0 Å². The van der Waals surface area contributed by atoms with Gasteiger partial charge in [0.2, 0.25) is 0 Å². The number of amides is 2. The van der Waals surface area contributed by atoms with Gasteiger partial charge in [0.05, 0.1) is 17.3 Å². The number of carbonyl (C=O) groups is 1. The van der Waals surface area contributed by atoms with E-state index in [0.29, 0.717) is 49.8 Å². The van der Waals surface area contributed by atoms with Crippen LogP contribution in [0.5, 0.6) is 5.75 Å². The number of phenolic OH excluding ortho intramolecular Hbond substituents is 1. The average molecular weight is 428 g/mol. The van der Waals surface area contributed by atoms with Gasteiger partial charge in [-0.15, -0.1) is 0 Å². The molecule has 7 N–H and O–H groups in total. The van der Waals surface area contributed by atoms with Crippen LogP contribution in [0.3, 0.4) is 0 Å². The highest BCUT2D eigenvalue weighted by Gasteiger charge is 2.39. The minimum Gasteiger partial charge on any atom is -0.507 e. The number of nitrogens with zero attached hydrogens (tertiary/aromatic N) is 3. The van der Waals surface area contributed by atoms with Crippen LogP contribution in [0, 0.1) is 0 Å². The van der Waals surface area contributed by atoms with Gasteiger partial charge in [-0.1, -0.05) is 12.1 Å². The monoisotopic (exact) mass is 427 g/mol. The molecule has 9 heteroatoms. The maximum absolute atomic E-state index is 13.3. The number of nitrogens with two attached hydrogens (primary N) is 2. The van der Waals surface area contributed by atoms with E-state index in [4.69, 9.17) is 11.5 Å². The van der Waals surface area contributed by atoms with Crippen molar-refractivity contribution in [1.29, 1.82) is 0 Å². The molecule has 0 spiro atoms. The van der Waals surface area contributed by atoms with E-state index in [2.05, 4.69) is 29.4 Å². The zero-order chi connectivity index (χ0) is 22.2. The van der Waals surface area contributed by atoms with Crippen LogP contribution in [0.25, 0.3) is 5.70 Å². The number of allylic oxidation sites excluding steroid dienone is 1. The Bertz CT molecular complexity index is 911. The molecule has 1 unspecified atom stereocenters. The minimum absolute atomic E-state index is 0.0967. The second-order valence-corrected chi connectivity index (χ2v) is 9.01. The molecule has 3 aliphatic heterocycles. The van der Waals surface area contributed by atoms with Crippen molar-refractivity contribution in [2.75, 3.05) is 45.8 Å². The maximum Gasteiger partial charge on any atom is 0.320 e. The molecule has 1 aromatic rings. The summed E-state index contributed by atoms with van der Waals surface area (Å²) in [6.07, 6.45) is 1.81. The number of hydrogen-bond donors (Lipinski definition) is 5. The van der Waals surface area contributed by atoms with E-state index in [-0.39, 0.29) is 23.4 Å². The number of aromatic hydroxyl groups is 1. The van der Waals surface area contributed by atoms with Gasteiger partial charge in [0.25, 0.3) is 0 Å². The molecule has 2 saturated heterocycles. The molecule has 4 rings (SSSR count). The minimum atomic E-state index is -0.207. The van der Waals surface area contributed by atoms with E-state index in [1.54, 1.807) is 24.3 Å². The Labute approximate surface area is 183 Å². The van der Waals surface area contributed by atoms with Crippen molar-refractivity contribution in [3.8, 4) is 5.75 Å². The first kappa shape index (κ1) is 21.2. The number of fused-ring (bicyclic) bond motifs is 1. The van der Waals surface area contributed by atoms with Crippen LogP contribution in [-0.2, 0) is 0 Å². The number of urea groups is 1. The highest BCUT2D eigenvalue weighted by Crippen LogP contribution is 2.27. The summed E-state index contributed by atoms with van der Waals surface area (Å²) in [5.41, 5.74) is 14.2. The lowest BCUT2D eigenvalue weighted by molar-refractivity contribution is 0.0559. The molecule has 1 atom stereocenters. The van der Waals surface area contributed by atoms with Gasteiger partial charge in [-0.25, -0.2) is 4.79 Å². The highest BCUT2D eigenvalue weighted by molar-refractivity contribution is 5.76. The lowest BCUT2D eigenvalue weighted by atomic mass is 10.0. The molecular formula is C22H33N7O2. The second kappa shape index (κ2) is 8.22. The third-order valence-electron chi connectivity index (χ3n) is 6.41. The topological polar surface area (TPSA) is 123 Å². The third kappa shape index (κ3) is 4.10. The van der Waals surface area contributed by atoms with Crippen molar-refractivity contribution in [3.63, 3.8) is 0 Å². The number of phenols is 1. The Morgan fingerprint density at radius 2 is 2.03 bits per heavy atom. The van der Waals surface area contributed by atoms with Crippen molar-refractivity contribution in [2.24, 2.45) is 11.5 Å². The van der Waals surface area contributed by atoms with Crippen molar-refractivity contribution < 1.29 is 9.90 Å². The molecule has 0 aliphatic carbocycles. The Morgan fingerprint density at radius 1 is 1.26 bits per heavy atom. The molecule has 0 bridgehead atoms. The SMILES string of the molecule is CC1(C)CNCCN1C(=O)N1CCN2C(/C=C(\N)c3ccccc3O)=C(N)NCC2C1. The number of carbonyl (C=O) groups excluding carboxylic acids is 1. The van der Waals surface area contributed by atoms with Crippen molar-refractivity contribution in [1.82, 2.24) is 25.3 Å². The van der Waals surface area contributed by atoms with Crippen LogP contribution in [-0.4, -0.2) is 83.2 Å². The molecular weight excluding hydrogens is 394 g/mol. The first-order chi connectivity index (χ1) is 14.8. The van der Waals surface area contributed by atoms with Crippen LogP contribution >= 0.6 is 0 Å². The quantitative estimate of drug-likeness (QED) is 0.457. The largest absolute Gasteiger partial charge is 0.507 e. The first-order valence-electron chi connectivity index (χ1n) is 10.8. The van der Waals surface area contributed by atoms with Gasteiger partial charge >= 0.3 is 6.03 Å². The zero-order valence-electron chi connectivity index (χ0n) is 18.3. The second-order valence-electron chi connectivity index (χ2n) is 9.01. The molecule has 9 nitrogen and oxygen atoms in total. The number of para-hydroxylation sites is 1. The van der Waals surface area contributed by atoms with Crippen molar-refractivity contribution in [3.05, 3.63) is 47.4 Å². The van der Waals surface area contributed by atoms with Crippen LogP contribution < -0.4 is 22.1 Å². The van der Waals surface area contributed by atoms with Crippen LogP contribution in [0.15, 0.2) is 41.9 Å². The fourth-order valence-electron chi connectivity index (χ4n) is 4.61. The first-order valence-corrected chi connectivity index (χ1v) is 10.8. The normalized spacial score (nSPS) is 24.0. The Hall–Kier alpha value is -3.07. The Morgan fingerprint density at radius 3 is 2.77 bits per heavy atom. The number of nitrogens with one attached hydrogen (secondary N) is 2. The van der Waals surface area contributed by atoms with Gasteiger partial charge in [0, 0.05) is 57.1 Å². The van der Waals surface area contributed by atoms with Gasteiger partial charge in [0.1, 0.15) is 11.6 Å². The van der Waals surface area contributed by atoms with Crippen molar-refractivity contribution >= 4 is 11.7 Å². The standard InChI is InChI=1S/C22H33N7O2/c1-22(2)14-25-7-8-29(22)21(31)27-9-10-28-15(13-27)12-26-20(24)18(28)11-17(23)16-5-3-4-6-19(16)30/h3-6,11,15,25-26,30H,7-10,12-14,23-24H2,1-2H3/b17-11-. The van der Waals surface area contributed by atoms with E-state index in [9.17, 15) is 9.90 Å². The molecule has 168 valence electrons. The number of piperazine rings is 2. The number of benzene rings is 1. The molecule has 0 saturated carbocycles. The molecule has 2 fully saturated rings. The molecule has 0 aromatic heterocycles. The predicted octanol–water partition coefficient (Wildman–Crippen LogP) is 0.213. The van der Waals surface area contributed by atoms with Gasteiger partial charge in [-0.3, -0.25) is 0 Å². The van der Waals surface area contributed by atoms with Gasteiger partial charge in [0.15, 0.2) is 0 Å². The van der Waals surface area contributed by atoms with Crippen LogP contribution in [0.4, 0.5) is 4.79 Å². The number of hydrogen-bond acceptors (Lipinski definition) is 7. The summed E-state index contributed by atoms with van der Waals surface area (Å²) in [5, 5.41) is 16.7. The van der Waals surface area contributed by atoms with Crippen molar-refractivity contribution in [2.45, 2.75) is 25.4 Å². The lowest BCUT2D eigenvalue weighted by Gasteiger charge is -2.49. The van der Waals surface area contributed by atoms with E-state index in [1.165, 1.54) is 0 Å². The van der Waals surface area contributed by atoms with E-state index < -0.39 is 0 Å². The van der Waals surface area contributed by atoms with Crippen LogP contribution in [0.1, 0.15) is 19.4 Å². The van der Waals surface area contributed by atoms with E-state index >= 15 is 0 Å². The fraction of sp³-hybridized carbons (Fsp3) is 0.500. The molecule has 3 aliphatic rings. The Balaban J connectivity index is 1.51. The fourth-order valence-corrected chi connectivity index (χ4v) is 4.61. The molecule has 2 amide bonds. The summed E-state index contributed by atoms with van der Waals surface area (Å²) < 4.78 is 0. The van der Waals surface area contributed by atoms with Gasteiger partial charge in [-0.2, -0.15) is 0 Å². The summed E-state index contributed by atoms with van der Waals surface area (Å²) in [6, 6.07) is 7.17. The summed E-state index contributed by atoms with van der Waals surface area (Å²) in [6.45, 7) is 9.10. The average Bonchev–Trinajstić information content (AvgIpc) is 2.75. The molecule has 1 aromatic carbocycles. The maximum atomic E-state index is 13.3. The summed E-state index contributed by atoms with van der Waals surface area (Å²) in [7, 11) is 0. The van der Waals surface area contributed by atoms with E-state index in [0.717, 1.165) is 18.8 Å². The predicted molar refractivity (Wildman–Crippen MR) is 121 cm³/mol. The molecule has 0 radical (unpaired) electrons. The third-order valence-corrected chi connectivity index (χ3v) is 6.41. The lowest BCUT2D eigenvalue weighted by Crippen LogP contribution is -2.66. The summed E-state index contributed by atoms with van der Waals surface area (Å²) >= 11 is 0. The van der Waals surface area contributed by atoms with Gasteiger partial charge in [-0.05, 0) is 32.1 Å². The molecule has 3 heterocycles. The van der Waals surface area contributed by atoms with Gasteiger partial charge < -0.3 is 41.9 Å². The molecule has 31 heavy (non-hydrogen) atoms. The zero-order valence-corrected chi connectivity index (χ0v) is 18.3. The van der Waals surface area contributed by atoms with E-state index in [1.807, 2.05) is 15.9 Å².